The van der Waals surface area contributed by atoms with Crippen molar-refractivity contribution in [3.8, 4) is 0 Å². The van der Waals surface area contributed by atoms with Crippen LogP contribution in [0.4, 0.5) is 5.69 Å². The van der Waals surface area contributed by atoms with Crippen molar-refractivity contribution < 1.29 is 9.59 Å². The van der Waals surface area contributed by atoms with Gasteiger partial charge in [0.15, 0.2) is 10.9 Å². The zero-order chi connectivity index (χ0) is 18.7. The number of nitrogens with one attached hydrogen (secondary N) is 1. The Hall–Kier alpha value is -2.60. The van der Waals surface area contributed by atoms with Crippen LogP contribution < -0.4 is 5.32 Å². The molecule has 0 radical (unpaired) electrons. The number of amides is 1. The number of aromatic nitrogens is 2. The van der Waals surface area contributed by atoms with E-state index in [2.05, 4.69) is 21.8 Å². The number of carbonyl (C=O) groups excluding carboxylic acids is 2. The predicted molar refractivity (Wildman–Crippen MR) is 106 cm³/mol. The van der Waals surface area contributed by atoms with Crippen molar-refractivity contribution in [1.29, 1.82) is 0 Å². The molecule has 3 rings (SSSR count). The second kappa shape index (κ2) is 7.74. The topological polar surface area (TPSA) is 64.0 Å². The summed E-state index contributed by atoms with van der Waals surface area (Å²) in [7, 11) is 0. The van der Waals surface area contributed by atoms with Crippen molar-refractivity contribution in [1.82, 2.24) is 9.55 Å². The molecular weight excluding hydrogens is 346 g/mol. The van der Waals surface area contributed by atoms with Crippen LogP contribution >= 0.6 is 11.8 Å². The summed E-state index contributed by atoms with van der Waals surface area (Å²) in [5.41, 5.74) is 3.04. The molecule has 1 aromatic heterocycles. The van der Waals surface area contributed by atoms with Crippen molar-refractivity contribution in [2.45, 2.75) is 37.7 Å². The van der Waals surface area contributed by atoms with Gasteiger partial charge in [0.05, 0.1) is 22.0 Å². The van der Waals surface area contributed by atoms with E-state index in [9.17, 15) is 9.59 Å². The Balaban J connectivity index is 1.79. The van der Waals surface area contributed by atoms with E-state index in [0.29, 0.717) is 11.3 Å². The van der Waals surface area contributed by atoms with Gasteiger partial charge in [0.1, 0.15) is 0 Å². The van der Waals surface area contributed by atoms with Gasteiger partial charge in [-0.15, -0.1) is 0 Å². The summed E-state index contributed by atoms with van der Waals surface area (Å²) in [6, 6.07) is 15.0. The number of anilines is 1. The van der Waals surface area contributed by atoms with Gasteiger partial charge in [-0.25, -0.2) is 4.98 Å². The Labute approximate surface area is 156 Å². The van der Waals surface area contributed by atoms with E-state index >= 15 is 0 Å². The predicted octanol–water partition coefficient (Wildman–Crippen LogP) is 4.38. The number of hydrogen-bond acceptors (Lipinski definition) is 4. The third kappa shape index (κ3) is 3.65. The van der Waals surface area contributed by atoms with E-state index in [1.165, 1.54) is 18.7 Å². The first-order valence-corrected chi connectivity index (χ1v) is 9.42. The molecule has 0 spiro atoms. The Bertz CT molecular complexity index is 965. The maximum atomic E-state index is 12.6. The van der Waals surface area contributed by atoms with Crippen molar-refractivity contribution in [2.24, 2.45) is 0 Å². The summed E-state index contributed by atoms with van der Waals surface area (Å²) in [6.45, 7) is 6.18. The number of carbonyl (C=O) groups is 2. The van der Waals surface area contributed by atoms with Crippen LogP contribution in [0.25, 0.3) is 11.0 Å². The summed E-state index contributed by atoms with van der Waals surface area (Å²) < 4.78 is 2.10. The average molecular weight is 367 g/mol. The van der Waals surface area contributed by atoms with Crippen LogP contribution in [0.1, 0.15) is 31.1 Å². The lowest BCUT2D eigenvalue weighted by Crippen LogP contribution is -2.24. The number of para-hydroxylation sites is 3. The van der Waals surface area contributed by atoms with Crippen LogP contribution in [0.3, 0.4) is 0 Å². The zero-order valence-electron chi connectivity index (χ0n) is 15.0. The summed E-state index contributed by atoms with van der Waals surface area (Å²) in [4.78, 5) is 29.0. The molecule has 0 bridgehead atoms. The molecule has 1 N–H and O–H groups in total. The Kier molecular flexibility index (Phi) is 5.42. The minimum absolute atomic E-state index is 0.0750. The third-order valence-electron chi connectivity index (χ3n) is 4.15. The molecule has 0 fully saturated rings. The van der Waals surface area contributed by atoms with Gasteiger partial charge in [-0.2, -0.15) is 0 Å². The molecule has 26 heavy (non-hydrogen) atoms. The molecule has 6 heteroatoms. The number of rotatable bonds is 6. The van der Waals surface area contributed by atoms with E-state index in [1.807, 2.05) is 31.2 Å². The molecule has 0 saturated carbocycles. The number of ketones is 1. The third-order valence-corrected chi connectivity index (χ3v) is 5.24. The average Bonchev–Trinajstić information content (AvgIpc) is 2.98. The zero-order valence-corrected chi connectivity index (χ0v) is 15.8. The molecule has 0 aliphatic rings. The normalized spacial score (nSPS) is 12.1. The van der Waals surface area contributed by atoms with Crippen molar-refractivity contribution >= 4 is 40.2 Å². The van der Waals surface area contributed by atoms with Crippen molar-refractivity contribution in [3.63, 3.8) is 0 Å². The molecule has 0 aliphatic heterocycles. The Morgan fingerprint density at radius 3 is 2.58 bits per heavy atom. The van der Waals surface area contributed by atoms with Crippen molar-refractivity contribution in [3.05, 3.63) is 54.1 Å². The number of aryl methyl sites for hydroxylation is 1. The number of imidazole rings is 1. The summed E-state index contributed by atoms with van der Waals surface area (Å²) >= 11 is 1.42. The summed E-state index contributed by atoms with van der Waals surface area (Å²) in [6.07, 6.45) is 0. The van der Waals surface area contributed by atoms with Gasteiger partial charge >= 0.3 is 0 Å². The molecule has 0 saturated heterocycles. The first-order chi connectivity index (χ1) is 12.5. The van der Waals surface area contributed by atoms with Crippen LogP contribution in [0, 0.1) is 0 Å². The number of nitrogens with zero attached hydrogens (tertiary/aromatic N) is 2. The molecule has 1 heterocycles. The largest absolute Gasteiger partial charge is 0.324 e. The lowest BCUT2D eigenvalue weighted by atomic mass is 10.1. The SMILES string of the molecule is CCn1c(SC(C)C(=O)Nc2ccccc2C(C)=O)nc2ccccc21. The quantitative estimate of drug-likeness (QED) is 0.519. The highest BCUT2D eigenvalue weighted by Gasteiger charge is 2.20. The smallest absolute Gasteiger partial charge is 0.237 e. The van der Waals surface area contributed by atoms with E-state index < -0.39 is 0 Å². The number of Topliss-reactive ketones (excluding diaryl/α,β-unsaturated/α-hetero) is 1. The fraction of sp³-hybridized carbons (Fsp3) is 0.250. The summed E-state index contributed by atoms with van der Waals surface area (Å²) in [5, 5.41) is 3.33. The molecular formula is C20H21N3O2S. The molecule has 1 atom stereocenters. The van der Waals surface area contributed by atoms with Gasteiger partial charge in [-0.1, -0.05) is 36.0 Å². The molecule has 0 aliphatic carbocycles. The van der Waals surface area contributed by atoms with Gasteiger partial charge < -0.3 is 9.88 Å². The maximum absolute atomic E-state index is 12.6. The maximum Gasteiger partial charge on any atom is 0.237 e. The Morgan fingerprint density at radius 2 is 1.85 bits per heavy atom. The fourth-order valence-electron chi connectivity index (χ4n) is 2.79. The highest BCUT2D eigenvalue weighted by Crippen LogP contribution is 2.28. The fourth-order valence-corrected chi connectivity index (χ4v) is 3.78. The molecule has 1 unspecified atom stereocenters. The minimum Gasteiger partial charge on any atom is -0.324 e. The van der Waals surface area contributed by atoms with Gasteiger partial charge in [-0.3, -0.25) is 9.59 Å². The van der Waals surface area contributed by atoms with Gasteiger partial charge in [0.2, 0.25) is 5.91 Å². The summed E-state index contributed by atoms with van der Waals surface area (Å²) in [5.74, 6) is -0.229. The lowest BCUT2D eigenvalue weighted by Gasteiger charge is -2.14. The second-order valence-corrected chi connectivity index (χ2v) is 7.29. The van der Waals surface area contributed by atoms with Crippen LogP contribution in [0.15, 0.2) is 53.7 Å². The molecule has 5 nitrogen and oxygen atoms in total. The highest BCUT2D eigenvalue weighted by atomic mass is 32.2. The van der Waals surface area contributed by atoms with E-state index in [1.54, 1.807) is 24.3 Å². The van der Waals surface area contributed by atoms with Crippen molar-refractivity contribution in [2.75, 3.05) is 5.32 Å². The van der Waals surface area contributed by atoms with Crippen LogP contribution in [-0.4, -0.2) is 26.5 Å². The van der Waals surface area contributed by atoms with Gasteiger partial charge in [0.25, 0.3) is 0 Å². The molecule has 134 valence electrons. The first-order valence-electron chi connectivity index (χ1n) is 8.54. The number of fused-ring (bicyclic) bond motifs is 1. The highest BCUT2D eigenvalue weighted by molar-refractivity contribution is 8.00. The van der Waals surface area contributed by atoms with Gasteiger partial charge in [0, 0.05) is 12.1 Å². The first kappa shape index (κ1) is 18.2. The number of hydrogen-bond donors (Lipinski definition) is 1. The number of benzene rings is 2. The molecule has 1 amide bonds. The standard InChI is InChI=1S/C20H21N3O2S/c1-4-23-18-12-8-7-11-17(18)22-20(23)26-14(3)19(25)21-16-10-6-5-9-15(16)13(2)24/h5-12,14H,4H2,1-3H3,(H,21,25). The number of thioether (sulfide) groups is 1. The molecule has 2 aromatic carbocycles. The van der Waals surface area contributed by atoms with E-state index in [4.69, 9.17) is 0 Å². The van der Waals surface area contributed by atoms with Crippen LogP contribution in [0.2, 0.25) is 0 Å². The minimum atomic E-state index is -0.350. The monoisotopic (exact) mass is 367 g/mol. The van der Waals surface area contributed by atoms with Crippen LogP contribution in [-0.2, 0) is 11.3 Å². The van der Waals surface area contributed by atoms with Crippen LogP contribution in [0.5, 0.6) is 0 Å². The Morgan fingerprint density at radius 1 is 1.15 bits per heavy atom. The second-order valence-electron chi connectivity index (χ2n) is 5.98. The van der Waals surface area contributed by atoms with Gasteiger partial charge in [-0.05, 0) is 45.0 Å². The van der Waals surface area contributed by atoms with E-state index in [0.717, 1.165) is 22.7 Å². The van der Waals surface area contributed by atoms with E-state index in [-0.39, 0.29) is 16.9 Å². The lowest BCUT2D eigenvalue weighted by molar-refractivity contribution is -0.115. The molecule has 3 aromatic rings.